The number of carbonyl (C=O) groups excluding carboxylic acids is 2. The van der Waals surface area contributed by atoms with Crippen molar-refractivity contribution in [2.24, 2.45) is 0 Å². The summed E-state index contributed by atoms with van der Waals surface area (Å²) < 4.78 is 7.52. The van der Waals surface area contributed by atoms with Crippen LogP contribution in [0.4, 0.5) is 5.69 Å². The van der Waals surface area contributed by atoms with Crippen molar-refractivity contribution in [3.63, 3.8) is 0 Å². The van der Waals surface area contributed by atoms with Crippen LogP contribution in [0.2, 0.25) is 0 Å². The van der Waals surface area contributed by atoms with Gasteiger partial charge in [-0.25, -0.2) is 0 Å². The summed E-state index contributed by atoms with van der Waals surface area (Å²) in [6.45, 7) is 1.46. The number of hydrogen-bond donors (Lipinski definition) is 1. The molecule has 1 amide bonds. The molecule has 0 unspecified atom stereocenters. The van der Waals surface area contributed by atoms with Gasteiger partial charge in [-0.2, -0.15) is 5.10 Å². The minimum atomic E-state index is -0.335. The summed E-state index contributed by atoms with van der Waals surface area (Å²) in [5, 5.41) is 7.16. The molecule has 0 radical (unpaired) electrons. The van der Waals surface area contributed by atoms with Crippen LogP contribution in [0, 0.1) is 0 Å². The molecule has 0 spiro atoms. The second-order valence-corrected chi connectivity index (χ2v) is 7.13. The number of ether oxygens (including phenoxy) is 1. The van der Waals surface area contributed by atoms with Crippen LogP contribution in [0.25, 0.3) is 0 Å². The summed E-state index contributed by atoms with van der Waals surface area (Å²) in [5.41, 5.74) is 1.85. The zero-order chi connectivity index (χ0) is 20.1. The lowest BCUT2D eigenvalue weighted by Gasteiger charge is -2.22. The van der Waals surface area contributed by atoms with Crippen molar-refractivity contribution in [3.05, 3.63) is 83.7 Å². The van der Waals surface area contributed by atoms with Crippen LogP contribution in [0.5, 0.6) is 0 Å². The van der Waals surface area contributed by atoms with Crippen LogP contribution in [0.3, 0.4) is 0 Å². The van der Waals surface area contributed by atoms with Crippen molar-refractivity contribution < 1.29 is 14.3 Å². The number of anilines is 1. The fourth-order valence-corrected chi connectivity index (χ4v) is 3.51. The fourth-order valence-electron chi connectivity index (χ4n) is 3.51. The zero-order valence-electron chi connectivity index (χ0n) is 16.1. The molecule has 1 aliphatic heterocycles. The molecule has 1 atom stereocenters. The third-order valence-electron chi connectivity index (χ3n) is 5.01. The second kappa shape index (κ2) is 8.84. The lowest BCUT2D eigenvalue weighted by Crippen LogP contribution is -2.24. The molecular weight excluding hydrogens is 366 g/mol. The van der Waals surface area contributed by atoms with Gasteiger partial charge in [0.25, 0.3) is 5.91 Å². The van der Waals surface area contributed by atoms with Gasteiger partial charge in [0.2, 0.25) is 0 Å². The third-order valence-corrected chi connectivity index (χ3v) is 5.01. The van der Waals surface area contributed by atoms with E-state index in [2.05, 4.69) is 10.4 Å². The van der Waals surface area contributed by atoms with E-state index in [1.165, 1.54) is 6.42 Å². The molecule has 1 aromatic heterocycles. The first kappa shape index (κ1) is 19.1. The number of nitrogens with zero attached hydrogens (tertiary/aromatic N) is 2. The predicted octanol–water partition coefficient (Wildman–Crippen LogP) is 3.94. The van der Waals surface area contributed by atoms with Crippen LogP contribution >= 0.6 is 0 Å². The topological polar surface area (TPSA) is 73.2 Å². The molecule has 2 aromatic carbocycles. The average molecular weight is 389 g/mol. The van der Waals surface area contributed by atoms with Gasteiger partial charge in [0, 0.05) is 23.9 Å². The summed E-state index contributed by atoms with van der Waals surface area (Å²) in [4.78, 5) is 25.7. The maximum atomic E-state index is 12.8. The molecule has 3 aromatic rings. The Kier molecular flexibility index (Phi) is 5.81. The van der Waals surface area contributed by atoms with E-state index in [1.807, 2.05) is 6.07 Å². The Morgan fingerprint density at radius 3 is 2.55 bits per heavy atom. The molecule has 4 rings (SSSR count). The normalized spacial score (nSPS) is 16.3. The minimum absolute atomic E-state index is 0.163. The number of carbonyl (C=O) groups is 2. The maximum absolute atomic E-state index is 12.8. The number of hydrogen-bond acceptors (Lipinski definition) is 4. The van der Waals surface area contributed by atoms with E-state index < -0.39 is 0 Å². The number of aromatic nitrogens is 2. The largest absolute Gasteiger partial charge is 0.376 e. The van der Waals surface area contributed by atoms with E-state index in [0.717, 1.165) is 19.4 Å². The number of ketones is 1. The third kappa shape index (κ3) is 4.60. The quantitative estimate of drug-likeness (QED) is 0.648. The van der Waals surface area contributed by atoms with Crippen LogP contribution in [-0.2, 0) is 11.3 Å². The van der Waals surface area contributed by atoms with E-state index in [0.29, 0.717) is 28.9 Å². The van der Waals surface area contributed by atoms with Crippen LogP contribution < -0.4 is 5.32 Å². The number of rotatable bonds is 6. The van der Waals surface area contributed by atoms with E-state index in [4.69, 9.17) is 4.74 Å². The van der Waals surface area contributed by atoms with Gasteiger partial charge in [0.15, 0.2) is 5.78 Å². The van der Waals surface area contributed by atoms with Gasteiger partial charge >= 0.3 is 0 Å². The molecule has 1 aliphatic rings. The Morgan fingerprint density at radius 2 is 1.79 bits per heavy atom. The Balaban J connectivity index is 1.47. The molecule has 1 saturated heterocycles. The molecule has 0 saturated carbocycles. The summed E-state index contributed by atoms with van der Waals surface area (Å²) >= 11 is 0. The van der Waals surface area contributed by atoms with E-state index in [9.17, 15) is 9.59 Å². The standard InChI is InChI=1S/C23H23N3O3/c27-22(17-8-2-1-3-9-17)20-11-4-5-12-21(20)23(28)25-18-14-24-26(15-18)16-19-10-6-7-13-29-19/h1-5,8-9,11-12,14-15,19H,6-7,10,13,16H2,(H,25,28)/t19-/m1/s1. The van der Waals surface area contributed by atoms with Crippen LogP contribution in [0.1, 0.15) is 45.5 Å². The van der Waals surface area contributed by atoms with E-state index >= 15 is 0 Å². The molecule has 0 bridgehead atoms. The molecule has 6 nitrogen and oxygen atoms in total. The fraction of sp³-hybridized carbons (Fsp3) is 0.261. The summed E-state index contributed by atoms with van der Waals surface area (Å²) in [7, 11) is 0. The molecule has 2 heterocycles. The first-order valence-corrected chi connectivity index (χ1v) is 9.85. The van der Waals surface area contributed by atoms with E-state index in [1.54, 1.807) is 65.6 Å². The molecule has 0 aliphatic carbocycles. The Bertz CT molecular complexity index is 991. The lowest BCUT2D eigenvalue weighted by atomic mass is 9.98. The van der Waals surface area contributed by atoms with Crippen LogP contribution in [0.15, 0.2) is 67.0 Å². The number of benzene rings is 2. The Hall–Kier alpha value is -3.25. The summed E-state index contributed by atoms with van der Waals surface area (Å²) in [6.07, 6.45) is 6.87. The highest BCUT2D eigenvalue weighted by Gasteiger charge is 2.19. The number of nitrogens with one attached hydrogen (secondary N) is 1. The van der Waals surface area contributed by atoms with Crippen molar-refractivity contribution >= 4 is 17.4 Å². The molecular formula is C23H23N3O3. The molecule has 29 heavy (non-hydrogen) atoms. The summed E-state index contributed by atoms with van der Waals surface area (Å²) in [6, 6.07) is 15.8. The maximum Gasteiger partial charge on any atom is 0.256 e. The van der Waals surface area contributed by atoms with Gasteiger partial charge in [0.1, 0.15) is 0 Å². The number of amides is 1. The van der Waals surface area contributed by atoms with Crippen molar-refractivity contribution in [2.45, 2.75) is 31.9 Å². The monoisotopic (exact) mass is 389 g/mol. The van der Waals surface area contributed by atoms with E-state index in [-0.39, 0.29) is 17.8 Å². The van der Waals surface area contributed by atoms with Gasteiger partial charge in [-0.3, -0.25) is 14.3 Å². The minimum Gasteiger partial charge on any atom is -0.376 e. The van der Waals surface area contributed by atoms with Crippen molar-refractivity contribution in [1.29, 1.82) is 0 Å². The van der Waals surface area contributed by atoms with Crippen molar-refractivity contribution in [1.82, 2.24) is 9.78 Å². The van der Waals surface area contributed by atoms with Gasteiger partial charge in [-0.05, 0) is 25.3 Å². The Morgan fingerprint density at radius 1 is 1.03 bits per heavy atom. The molecule has 6 heteroatoms. The highest BCUT2D eigenvalue weighted by atomic mass is 16.5. The first-order chi connectivity index (χ1) is 14.2. The van der Waals surface area contributed by atoms with Crippen molar-refractivity contribution in [2.75, 3.05) is 11.9 Å². The van der Waals surface area contributed by atoms with Gasteiger partial charge in [0.05, 0.1) is 30.1 Å². The van der Waals surface area contributed by atoms with Crippen LogP contribution in [-0.4, -0.2) is 34.2 Å². The molecule has 1 fully saturated rings. The second-order valence-electron chi connectivity index (χ2n) is 7.13. The first-order valence-electron chi connectivity index (χ1n) is 9.85. The zero-order valence-corrected chi connectivity index (χ0v) is 16.1. The lowest BCUT2D eigenvalue weighted by molar-refractivity contribution is 0.00400. The predicted molar refractivity (Wildman–Crippen MR) is 110 cm³/mol. The van der Waals surface area contributed by atoms with Gasteiger partial charge < -0.3 is 10.1 Å². The Labute approximate surface area is 169 Å². The van der Waals surface area contributed by atoms with Gasteiger partial charge in [-0.1, -0.05) is 48.5 Å². The average Bonchev–Trinajstić information content (AvgIpc) is 3.21. The SMILES string of the molecule is O=C(Nc1cnn(C[C@H]2CCCCO2)c1)c1ccccc1C(=O)c1ccccc1. The smallest absolute Gasteiger partial charge is 0.256 e. The summed E-state index contributed by atoms with van der Waals surface area (Å²) in [5.74, 6) is -0.514. The highest BCUT2D eigenvalue weighted by molar-refractivity contribution is 6.17. The highest BCUT2D eigenvalue weighted by Crippen LogP contribution is 2.18. The van der Waals surface area contributed by atoms with Gasteiger partial charge in [-0.15, -0.1) is 0 Å². The molecule has 148 valence electrons. The van der Waals surface area contributed by atoms with Crippen molar-refractivity contribution in [3.8, 4) is 0 Å². The molecule has 1 N–H and O–H groups in total.